The van der Waals surface area contributed by atoms with Gasteiger partial charge in [-0.2, -0.15) is 13.2 Å². The number of carbonyl (C=O) groups excluding carboxylic acids is 1. The molecule has 11 heteroatoms. The molecule has 1 fully saturated rings. The zero-order valence-electron chi connectivity index (χ0n) is 19.2. The van der Waals surface area contributed by atoms with E-state index in [1.54, 1.807) is 30.3 Å². The van der Waals surface area contributed by atoms with E-state index in [2.05, 4.69) is 10.3 Å². The number of nitrogens with one attached hydrogen (secondary N) is 1. The smallest absolute Gasteiger partial charge is 0.418 e. The van der Waals surface area contributed by atoms with Crippen molar-refractivity contribution in [3.05, 3.63) is 92.3 Å². The van der Waals surface area contributed by atoms with Crippen molar-refractivity contribution in [1.29, 1.82) is 0 Å². The van der Waals surface area contributed by atoms with Crippen LogP contribution in [-0.4, -0.2) is 17.7 Å². The number of carbonyl (C=O) groups is 1. The number of thioether (sulfide) groups is 1. The summed E-state index contributed by atoms with van der Waals surface area (Å²) < 4.78 is 51.8. The van der Waals surface area contributed by atoms with Crippen LogP contribution in [0, 0.1) is 0 Å². The van der Waals surface area contributed by atoms with Gasteiger partial charge < -0.3 is 14.8 Å². The van der Waals surface area contributed by atoms with Crippen LogP contribution in [0.1, 0.15) is 23.6 Å². The molecule has 0 bridgehead atoms. The van der Waals surface area contributed by atoms with E-state index in [0.29, 0.717) is 28.7 Å². The molecule has 1 N–H and O–H groups in total. The van der Waals surface area contributed by atoms with Gasteiger partial charge in [-0.25, -0.2) is 4.99 Å². The van der Waals surface area contributed by atoms with E-state index < -0.39 is 17.6 Å². The fourth-order valence-electron chi connectivity index (χ4n) is 3.35. The molecule has 0 aromatic heterocycles. The van der Waals surface area contributed by atoms with Crippen LogP contribution in [0.15, 0.2) is 70.6 Å². The first-order valence-corrected chi connectivity index (χ1v) is 12.5. The van der Waals surface area contributed by atoms with Gasteiger partial charge in [0.1, 0.15) is 6.61 Å². The normalized spacial score (nSPS) is 15.8. The highest BCUT2D eigenvalue weighted by atomic mass is 35.5. The van der Waals surface area contributed by atoms with Gasteiger partial charge in [0.2, 0.25) is 0 Å². The van der Waals surface area contributed by atoms with Crippen molar-refractivity contribution < 1.29 is 27.4 Å². The second kappa shape index (κ2) is 11.5. The van der Waals surface area contributed by atoms with Crippen LogP contribution in [0.3, 0.4) is 0 Å². The van der Waals surface area contributed by atoms with E-state index >= 15 is 0 Å². The Morgan fingerprint density at radius 2 is 1.81 bits per heavy atom. The van der Waals surface area contributed by atoms with E-state index in [0.717, 1.165) is 29.5 Å². The maximum absolute atomic E-state index is 13.4. The van der Waals surface area contributed by atoms with Crippen LogP contribution in [-0.2, 0) is 17.6 Å². The SMILES string of the molecule is CCOc1cc(C=C2SC(=Nc3ccc(Cl)cc3C(F)(F)F)NC2=O)ccc1OCc1ccccc1Cl. The Labute approximate surface area is 225 Å². The molecule has 3 aromatic rings. The minimum absolute atomic E-state index is 0.0220. The zero-order valence-corrected chi connectivity index (χ0v) is 21.6. The van der Waals surface area contributed by atoms with Crippen molar-refractivity contribution in [3.8, 4) is 11.5 Å². The third-order valence-electron chi connectivity index (χ3n) is 5.04. The van der Waals surface area contributed by atoms with E-state index in [4.69, 9.17) is 32.7 Å². The zero-order chi connectivity index (χ0) is 26.6. The summed E-state index contributed by atoms with van der Waals surface area (Å²) in [6.45, 7) is 2.46. The summed E-state index contributed by atoms with van der Waals surface area (Å²) in [6, 6.07) is 15.7. The van der Waals surface area contributed by atoms with E-state index in [9.17, 15) is 18.0 Å². The maximum atomic E-state index is 13.4. The standard InChI is InChI=1S/C26H19Cl2F3N2O3S/c1-2-35-22-11-15(7-10-21(22)36-14-16-5-3-4-6-19(16)28)12-23-24(34)33-25(37-23)32-20-9-8-17(27)13-18(20)26(29,30)31/h3-13H,2,14H2,1H3,(H,32,33,34). The molecule has 4 rings (SSSR count). The minimum Gasteiger partial charge on any atom is -0.490 e. The van der Waals surface area contributed by atoms with Gasteiger partial charge in [-0.05, 0) is 66.7 Å². The minimum atomic E-state index is -4.65. The highest BCUT2D eigenvalue weighted by Crippen LogP contribution is 2.39. The summed E-state index contributed by atoms with van der Waals surface area (Å²) in [6.07, 6.45) is -3.06. The van der Waals surface area contributed by atoms with E-state index in [1.807, 2.05) is 25.1 Å². The molecule has 0 atom stereocenters. The summed E-state index contributed by atoms with van der Waals surface area (Å²) >= 11 is 12.8. The molecule has 192 valence electrons. The first kappa shape index (κ1) is 26.9. The first-order valence-electron chi connectivity index (χ1n) is 10.9. The lowest BCUT2D eigenvalue weighted by Gasteiger charge is -2.13. The third-order valence-corrected chi connectivity index (χ3v) is 6.56. The molecule has 1 heterocycles. The predicted octanol–water partition coefficient (Wildman–Crippen LogP) is 7.88. The summed E-state index contributed by atoms with van der Waals surface area (Å²) in [5, 5.41) is 3.04. The van der Waals surface area contributed by atoms with Gasteiger partial charge in [0, 0.05) is 15.6 Å². The number of hydrogen-bond donors (Lipinski definition) is 1. The second-order valence-corrected chi connectivity index (χ2v) is 9.53. The van der Waals surface area contributed by atoms with Gasteiger partial charge in [-0.1, -0.05) is 47.5 Å². The number of alkyl halides is 3. The monoisotopic (exact) mass is 566 g/mol. The molecule has 37 heavy (non-hydrogen) atoms. The molecule has 0 radical (unpaired) electrons. The second-order valence-electron chi connectivity index (χ2n) is 7.66. The van der Waals surface area contributed by atoms with Crippen LogP contribution in [0.4, 0.5) is 18.9 Å². The predicted molar refractivity (Wildman–Crippen MR) is 141 cm³/mol. The quantitative estimate of drug-likeness (QED) is 0.295. The largest absolute Gasteiger partial charge is 0.490 e. The van der Waals surface area contributed by atoms with Gasteiger partial charge in [-0.15, -0.1) is 0 Å². The van der Waals surface area contributed by atoms with Crippen molar-refractivity contribution >= 4 is 57.8 Å². The number of ether oxygens (including phenoxy) is 2. The molecule has 1 amide bonds. The number of amides is 1. The lowest BCUT2D eigenvalue weighted by atomic mass is 10.1. The van der Waals surface area contributed by atoms with Crippen molar-refractivity contribution in [1.82, 2.24) is 5.32 Å². The fraction of sp³-hybridized carbons (Fsp3) is 0.154. The average Bonchev–Trinajstić information content (AvgIpc) is 3.18. The molecule has 0 spiro atoms. The molecule has 1 saturated heterocycles. The molecular weight excluding hydrogens is 548 g/mol. The Kier molecular flexibility index (Phi) is 8.36. The Morgan fingerprint density at radius 1 is 1.03 bits per heavy atom. The number of amidine groups is 1. The van der Waals surface area contributed by atoms with Gasteiger partial charge >= 0.3 is 6.18 Å². The molecule has 0 saturated carbocycles. The van der Waals surface area contributed by atoms with Crippen LogP contribution in [0.2, 0.25) is 10.0 Å². The van der Waals surface area contributed by atoms with Crippen molar-refractivity contribution in [2.75, 3.05) is 6.61 Å². The molecular formula is C26H19Cl2F3N2O3S. The van der Waals surface area contributed by atoms with E-state index in [-0.39, 0.29) is 27.4 Å². The summed E-state index contributed by atoms with van der Waals surface area (Å²) in [7, 11) is 0. The molecule has 1 aliphatic heterocycles. The van der Waals surface area contributed by atoms with Crippen molar-refractivity contribution in [3.63, 3.8) is 0 Å². The van der Waals surface area contributed by atoms with Crippen molar-refractivity contribution in [2.45, 2.75) is 19.7 Å². The van der Waals surface area contributed by atoms with Gasteiger partial charge in [0.25, 0.3) is 5.91 Å². The Morgan fingerprint density at radius 3 is 2.54 bits per heavy atom. The number of aliphatic imine (C=N–C) groups is 1. The maximum Gasteiger partial charge on any atom is 0.418 e. The number of halogens is 5. The highest BCUT2D eigenvalue weighted by Gasteiger charge is 2.34. The summed E-state index contributed by atoms with van der Waals surface area (Å²) in [4.78, 5) is 16.8. The number of benzene rings is 3. The first-order chi connectivity index (χ1) is 17.6. The fourth-order valence-corrected chi connectivity index (χ4v) is 4.54. The highest BCUT2D eigenvalue weighted by molar-refractivity contribution is 8.18. The lowest BCUT2D eigenvalue weighted by Crippen LogP contribution is -2.19. The Hall–Kier alpha value is -3.14. The van der Waals surface area contributed by atoms with Gasteiger partial charge in [-0.3, -0.25) is 4.79 Å². The number of rotatable bonds is 7. The topological polar surface area (TPSA) is 59.9 Å². The Balaban J connectivity index is 1.55. The van der Waals surface area contributed by atoms with Gasteiger partial charge in [0.05, 0.1) is 22.8 Å². The molecule has 1 aliphatic rings. The molecule has 0 unspecified atom stereocenters. The molecule has 5 nitrogen and oxygen atoms in total. The van der Waals surface area contributed by atoms with Crippen LogP contribution in [0.25, 0.3) is 6.08 Å². The lowest BCUT2D eigenvalue weighted by molar-refractivity contribution is -0.137. The van der Waals surface area contributed by atoms with Crippen LogP contribution >= 0.6 is 35.0 Å². The number of hydrogen-bond acceptors (Lipinski definition) is 5. The van der Waals surface area contributed by atoms with Crippen LogP contribution < -0.4 is 14.8 Å². The summed E-state index contributed by atoms with van der Waals surface area (Å²) in [5.41, 5.74) is 0.112. The molecule has 0 aliphatic carbocycles. The third kappa shape index (κ3) is 6.80. The van der Waals surface area contributed by atoms with Gasteiger partial charge in [0.15, 0.2) is 16.7 Å². The summed E-state index contributed by atoms with van der Waals surface area (Å²) in [5.74, 6) is 0.484. The molecule has 3 aromatic carbocycles. The van der Waals surface area contributed by atoms with Crippen molar-refractivity contribution in [2.24, 2.45) is 4.99 Å². The van der Waals surface area contributed by atoms with Crippen LogP contribution in [0.5, 0.6) is 11.5 Å². The Bertz CT molecular complexity index is 1390. The van der Waals surface area contributed by atoms with E-state index in [1.165, 1.54) is 6.07 Å². The number of nitrogens with zero attached hydrogens (tertiary/aromatic N) is 1. The average molecular weight is 567 g/mol.